The lowest BCUT2D eigenvalue weighted by atomic mass is 10.1. The molecule has 3 nitrogen and oxygen atoms in total. The fraction of sp³-hybridized carbons (Fsp3) is 0.0556. The fourth-order valence-electron chi connectivity index (χ4n) is 2.49. The number of oxazole rings is 1. The van der Waals surface area contributed by atoms with Crippen molar-refractivity contribution in [3.8, 4) is 0 Å². The van der Waals surface area contributed by atoms with Gasteiger partial charge in [0.15, 0.2) is 5.58 Å². The Morgan fingerprint density at radius 1 is 1.00 bits per heavy atom. The number of hydrogen-bond acceptors (Lipinski definition) is 4. The van der Waals surface area contributed by atoms with Gasteiger partial charge in [0.05, 0.1) is 6.04 Å². The van der Waals surface area contributed by atoms with Gasteiger partial charge in [0.1, 0.15) is 11.3 Å². The zero-order chi connectivity index (χ0) is 15.6. The van der Waals surface area contributed by atoms with Crippen molar-refractivity contribution < 1.29 is 8.81 Å². The summed E-state index contributed by atoms with van der Waals surface area (Å²) in [6, 6.07) is 18.4. The smallest absolute Gasteiger partial charge is 0.296 e. The molecule has 0 saturated carbocycles. The van der Waals surface area contributed by atoms with Crippen molar-refractivity contribution in [1.82, 2.24) is 4.98 Å². The number of anilines is 1. The largest absolute Gasteiger partial charge is 0.424 e. The number of para-hydroxylation sites is 2. The lowest BCUT2D eigenvalue weighted by Crippen LogP contribution is -2.11. The molecule has 0 amide bonds. The molecular formula is C18H13FN2OS. The van der Waals surface area contributed by atoms with Crippen molar-refractivity contribution in [3.05, 3.63) is 82.3 Å². The molecule has 1 N–H and O–H groups in total. The highest BCUT2D eigenvalue weighted by atomic mass is 32.1. The number of nitrogens with zero attached hydrogens (tertiary/aromatic N) is 1. The summed E-state index contributed by atoms with van der Waals surface area (Å²) in [6.45, 7) is 0. The van der Waals surface area contributed by atoms with Crippen LogP contribution in [0.1, 0.15) is 16.5 Å². The lowest BCUT2D eigenvalue weighted by Gasteiger charge is -2.16. The van der Waals surface area contributed by atoms with Crippen molar-refractivity contribution in [2.75, 3.05) is 5.32 Å². The van der Waals surface area contributed by atoms with E-state index in [4.69, 9.17) is 4.42 Å². The van der Waals surface area contributed by atoms with E-state index in [2.05, 4.69) is 10.3 Å². The zero-order valence-corrected chi connectivity index (χ0v) is 12.9. The Morgan fingerprint density at radius 2 is 1.83 bits per heavy atom. The highest BCUT2D eigenvalue weighted by molar-refractivity contribution is 7.10. The van der Waals surface area contributed by atoms with Crippen LogP contribution in [0.3, 0.4) is 0 Å². The summed E-state index contributed by atoms with van der Waals surface area (Å²) in [5, 5.41) is 5.33. The van der Waals surface area contributed by atoms with Gasteiger partial charge in [0, 0.05) is 4.88 Å². The molecule has 0 saturated heterocycles. The number of fused-ring (bicyclic) bond motifs is 1. The van der Waals surface area contributed by atoms with Crippen LogP contribution in [0.5, 0.6) is 0 Å². The maximum Gasteiger partial charge on any atom is 0.296 e. The molecule has 23 heavy (non-hydrogen) atoms. The first-order chi connectivity index (χ1) is 11.3. The van der Waals surface area contributed by atoms with Crippen LogP contribution in [-0.4, -0.2) is 4.98 Å². The van der Waals surface area contributed by atoms with Gasteiger partial charge in [-0.1, -0.05) is 30.3 Å². The number of nitrogens with one attached hydrogen (secondary N) is 1. The molecule has 0 aliphatic carbocycles. The Hall–Kier alpha value is -2.66. The molecule has 1 unspecified atom stereocenters. The second-order valence-electron chi connectivity index (χ2n) is 5.13. The molecular weight excluding hydrogens is 311 g/mol. The van der Waals surface area contributed by atoms with Gasteiger partial charge in [-0.15, -0.1) is 11.3 Å². The number of thiophene rings is 1. The maximum absolute atomic E-state index is 13.2. The van der Waals surface area contributed by atoms with Crippen LogP contribution < -0.4 is 5.32 Å². The Morgan fingerprint density at radius 3 is 2.57 bits per heavy atom. The molecule has 5 heteroatoms. The van der Waals surface area contributed by atoms with Gasteiger partial charge in [-0.2, -0.15) is 4.98 Å². The first kappa shape index (κ1) is 14.0. The van der Waals surface area contributed by atoms with Crippen LogP contribution in [0, 0.1) is 5.82 Å². The minimum Gasteiger partial charge on any atom is -0.424 e. The van der Waals surface area contributed by atoms with Crippen LogP contribution in [0.4, 0.5) is 10.4 Å². The average Bonchev–Trinajstić information content (AvgIpc) is 3.22. The standard InChI is InChI=1S/C18H13FN2OS/c19-13-9-7-12(8-10-13)17(16-6-3-11-23-16)21-18-20-14-4-1-2-5-15(14)22-18/h1-11,17H,(H,20,21). The molecule has 0 radical (unpaired) electrons. The normalized spacial score (nSPS) is 12.4. The Balaban J connectivity index is 1.72. The molecule has 1 atom stereocenters. The Kier molecular flexibility index (Phi) is 3.55. The van der Waals surface area contributed by atoms with E-state index in [0.717, 1.165) is 21.5 Å². The van der Waals surface area contributed by atoms with Crippen molar-refractivity contribution in [2.45, 2.75) is 6.04 Å². The van der Waals surface area contributed by atoms with E-state index in [9.17, 15) is 4.39 Å². The number of rotatable bonds is 4. The summed E-state index contributed by atoms with van der Waals surface area (Å²) < 4.78 is 19.0. The van der Waals surface area contributed by atoms with Gasteiger partial charge in [-0.05, 0) is 41.3 Å². The Labute approximate surface area is 136 Å². The van der Waals surface area contributed by atoms with E-state index in [-0.39, 0.29) is 11.9 Å². The highest BCUT2D eigenvalue weighted by Gasteiger charge is 2.18. The van der Waals surface area contributed by atoms with Crippen LogP contribution in [0.25, 0.3) is 11.1 Å². The molecule has 0 aliphatic rings. The number of hydrogen-bond donors (Lipinski definition) is 1. The molecule has 2 aromatic heterocycles. The van der Waals surface area contributed by atoms with Gasteiger partial charge >= 0.3 is 0 Å². The summed E-state index contributed by atoms with van der Waals surface area (Å²) in [5.41, 5.74) is 2.49. The lowest BCUT2D eigenvalue weighted by molar-refractivity contribution is 0.607. The third-order valence-electron chi connectivity index (χ3n) is 3.59. The topological polar surface area (TPSA) is 38.1 Å². The molecule has 2 aromatic carbocycles. The molecule has 0 aliphatic heterocycles. The summed E-state index contributed by atoms with van der Waals surface area (Å²) in [5.74, 6) is -0.249. The van der Waals surface area contributed by atoms with Crippen LogP contribution in [-0.2, 0) is 0 Å². The van der Waals surface area contributed by atoms with Crippen LogP contribution in [0.15, 0.2) is 70.5 Å². The first-order valence-electron chi connectivity index (χ1n) is 7.20. The number of aromatic nitrogens is 1. The molecule has 0 spiro atoms. The first-order valence-corrected chi connectivity index (χ1v) is 8.08. The van der Waals surface area contributed by atoms with E-state index < -0.39 is 0 Å². The van der Waals surface area contributed by atoms with Crippen molar-refractivity contribution >= 4 is 28.5 Å². The number of halogens is 1. The maximum atomic E-state index is 13.2. The summed E-state index contributed by atoms with van der Waals surface area (Å²) in [6.07, 6.45) is 0. The second-order valence-corrected chi connectivity index (χ2v) is 6.11. The third-order valence-corrected chi connectivity index (χ3v) is 4.53. The van der Waals surface area contributed by atoms with Crippen molar-refractivity contribution in [3.63, 3.8) is 0 Å². The van der Waals surface area contributed by atoms with Crippen molar-refractivity contribution in [1.29, 1.82) is 0 Å². The van der Waals surface area contributed by atoms with Crippen molar-refractivity contribution in [2.24, 2.45) is 0 Å². The predicted molar refractivity (Wildman–Crippen MR) is 90.2 cm³/mol. The predicted octanol–water partition coefficient (Wildman–Crippen LogP) is 5.23. The van der Waals surface area contributed by atoms with Crippen LogP contribution >= 0.6 is 11.3 Å². The summed E-state index contributed by atoms with van der Waals surface area (Å²) in [4.78, 5) is 5.57. The van der Waals surface area contributed by atoms with E-state index in [0.29, 0.717) is 6.01 Å². The quantitative estimate of drug-likeness (QED) is 0.558. The Bertz CT molecular complexity index is 883. The van der Waals surface area contributed by atoms with Gasteiger partial charge < -0.3 is 9.73 Å². The third kappa shape index (κ3) is 2.83. The molecule has 4 aromatic rings. The van der Waals surface area contributed by atoms with E-state index in [1.807, 2.05) is 41.8 Å². The highest BCUT2D eigenvalue weighted by Crippen LogP contribution is 2.30. The molecule has 4 rings (SSSR count). The number of benzene rings is 2. The SMILES string of the molecule is Fc1ccc(C(Nc2nc3ccccc3o2)c2cccs2)cc1. The zero-order valence-electron chi connectivity index (χ0n) is 12.1. The van der Waals surface area contributed by atoms with Gasteiger partial charge in [-0.3, -0.25) is 0 Å². The molecule has 0 fully saturated rings. The second kappa shape index (κ2) is 5.85. The molecule has 2 heterocycles. The van der Waals surface area contributed by atoms with Gasteiger partial charge in [-0.25, -0.2) is 4.39 Å². The minimum absolute atomic E-state index is 0.135. The van der Waals surface area contributed by atoms with E-state index in [1.165, 1.54) is 12.1 Å². The van der Waals surface area contributed by atoms with Crippen LogP contribution in [0.2, 0.25) is 0 Å². The molecule has 0 bridgehead atoms. The minimum atomic E-state index is -0.249. The van der Waals surface area contributed by atoms with Gasteiger partial charge in [0.2, 0.25) is 0 Å². The van der Waals surface area contributed by atoms with E-state index in [1.54, 1.807) is 23.5 Å². The monoisotopic (exact) mass is 324 g/mol. The van der Waals surface area contributed by atoms with E-state index >= 15 is 0 Å². The summed E-state index contributed by atoms with van der Waals surface area (Å²) in [7, 11) is 0. The van der Waals surface area contributed by atoms with Gasteiger partial charge in [0.25, 0.3) is 6.01 Å². The summed E-state index contributed by atoms with van der Waals surface area (Å²) >= 11 is 1.63. The molecule has 114 valence electrons. The fourth-order valence-corrected chi connectivity index (χ4v) is 3.29. The average molecular weight is 324 g/mol.